The molecule has 2 rings (SSSR count). The van der Waals surface area contributed by atoms with Crippen molar-refractivity contribution >= 4 is 23.2 Å². The van der Waals surface area contributed by atoms with E-state index in [1.54, 1.807) is 0 Å². The van der Waals surface area contributed by atoms with Gasteiger partial charge in [-0.2, -0.15) is 0 Å². The van der Waals surface area contributed by atoms with Crippen LogP contribution in [-0.2, 0) is 14.3 Å². The first-order valence-corrected chi connectivity index (χ1v) is 6.16. The number of ether oxygens (including phenoxy) is 1. The summed E-state index contributed by atoms with van der Waals surface area (Å²) in [5.74, 6) is -1.39. The molecule has 0 radical (unpaired) electrons. The summed E-state index contributed by atoms with van der Waals surface area (Å²) in [7, 11) is 0. The van der Waals surface area contributed by atoms with Gasteiger partial charge in [-0.05, 0) is 24.6 Å². The fraction of sp³-hybridized carbons (Fsp3) is 0.385. The van der Waals surface area contributed by atoms with Crippen molar-refractivity contribution < 1.29 is 18.7 Å². The maximum absolute atomic E-state index is 13.7. The molecule has 1 saturated heterocycles. The van der Waals surface area contributed by atoms with Gasteiger partial charge in [0.1, 0.15) is 11.4 Å². The lowest BCUT2D eigenvalue weighted by Crippen LogP contribution is -2.51. The summed E-state index contributed by atoms with van der Waals surface area (Å²) in [5, 5.41) is 4.95. The Labute approximate surface area is 115 Å². The van der Waals surface area contributed by atoms with Gasteiger partial charge in [0.25, 0.3) is 0 Å². The summed E-state index contributed by atoms with van der Waals surface area (Å²) in [6.45, 7) is 1.84. The summed E-state index contributed by atoms with van der Waals surface area (Å²) < 4.78 is 18.8. The smallest absolute Gasteiger partial charge is 0.247 e. The lowest BCUT2D eigenvalue weighted by atomic mass is 9.99. The van der Waals surface area contributed by atoms with Crippen LogP contribution in [0.2, 0.25) is 0 Å². The van der Waals surface area contributed by atoms with Gasteiger partial charge in [-0.25, -0.2) is 4.39 Å². The Kier molecular flexibility index (Phi) is 4.01. The molecular formula is C13H16FN3O3. The number of benzene rings is 1. The molecule has 1 aromatic rings. The van der Waals surface area contributed by atoms with Crippen molar-refractivity contribution in [2.24, 2.45) is 5.73 Å². The molecule has 0 aromatic heterocycles. The van der Waals surface area contributed by atoms with Gasteiger partial charge < -0.3 is 21.1 Å². The molecule has 4 N–H and O–H groups in total. The molecule has 0 aliphatic carbocycles. The third kappa shape index (κ3) is 3.12. The fourth-order valence-corrected chi connectivity index (χ4v) is 1.91. The van der Waals surface area contributed by atoms with Gasteiger partial charge in [-0.15, -0.1) is 0 Å². The number of anilines is 2. The highest BCUT2D eigenvalue weighted by atomic mass is 19.1. The Balaban J connectivity index is 2.15. The molecule has 1 unspecified atom stereocenters. The topological polar surface area (TPSA) is 93.5 Å². The standard InChI is InChI=1S/C13H16FN3O3/c1-8(18)16-9-2-3-10(14)11(6-9)17-12(19)13(15)4-5-20-7-13/h2-3,6H,4-5,7,15H2,1H3,(H,16,18)(H,17,19). The van der Waals surface area contributed by atoms with Crippen LogP contribution in [0, 0.1) is 5.82 Å². The molecule has 20 heavy (non-hydrogen) atoms. The van der Waals surface area contributed by atoms with Crippen LogP contribution in [0.15, 0.2) is 18.2 Å². The van der Waals surface area contributed by atoms with Crippen LogP contribution in [0.25, 0.3) is 0 Å². The number of amides is 2. The molecule has 6 nitrogen and oxygen atoms in total. The van der Waals surface area contributed by atoms with E-state index in [9.17, 15) is 14.0 Å². The summed E-state index contributed by atoms with van der Waals surface area (Å²) in [4.78, 5) is 23.0. The minimum atomic E-state index is -1.14. The van der Waals surface area contributed by atoms with Gasteiger partial charge in [0.05, 0.1) is 12.3 Å². The van der Waals surface area contributed by atoms with E-state index >= 15 is 0 Å². The zero-order valence-electron chi connectivity index (χ0n) is 11.0. The number of halogens is 1. The van der Waals surface area contributed by atoms with Crippen molar-refractivity contribution in [1.29, 1.82) is 0 Å². The van der Waals surface area contributed by atoms with Crippen LogP contribution in [0.4, 0.5) is 15.8 Å². The first-order chi connectivity index (χ1) is 9.40. The Morgan fingerprint density at radius 3 is 2.75 bits per heavy atom. The van der Waals surface area contributed by atoms with Crippen LogP contribution in [0.3, 0.4) is 0 Å². The number of hydrogen-bond donors (Lipinski definition) is 3. The second-order valence-electron chi connectivity index (χ2n) is 4.79. The monoisotopic (exact) mass is 281 g/mol. The number of nitrogens with two attached hydrogens (primary N) is 1. The second-order valence-corrected chi connectivity index (χ2v) is 4.79. The third-order valence-electron chi connectivity index (χ3n) is 3.04. The number of carbonyl (C=O) groups excluding carboxylic acids is 2. The molecule has 1 atom stereocenters. The minimum Gasteiger partial charge on any atom is -0.379 e. The third-order valence-corrected chi connectivity index (χ3v) is 3.04. The van der Waals surface area contributed by atoms with E-state index in [1.807, 2.05) is 0 Å². The summed E-state index contributed by atoms with van der Waals surface area (Å²) in [5.41, 5.74) is 5.11. The lowest BCUT2D eigenvalue weighted by molar-refractivity contribution is -0.121. The number of nitrogens with one attached hydrogen (secondary N) is 2. The van der Waals surface area contributed by atoms with Crippen LogP contribution < -0.4 is 16.4 Å². The van der Waals surface area contributed by atoms with Crippen molar-refractivity contribution in [1.82, 2.24) is 0 Å². The van der Waals surface area contributed by atoms with Crippen LogP contribution >= 0.6 is 0 Å². The van der Waals surface area contributed by atoms with E-state index < -0.39 is 17.3 Å². The highest BCUT2D eigenvalue weighted by molar-refractivity contribution is 5.99. The molecule has 1 aromatic carbocycles. The van der Waals surface area contributed by atoms with Crippen LogP contribution in [0.1, 0.15) is 13.3 Å². The molecular weight excluding hydrogens is 265 g/mol. The average molecular weight is 281 g/mol. The number of hydrogen-bond acceptors (Lipinski definition) is 4. The lowest BCUT2D eigenvalue weighted by Gasteiger charge is -2.21. The molecule has 108 valence electrons. The first kappa shape index (κ1) is 14.4. The first-order valence-electron chi connectivity index (χ1n) is 6.16. The van der Waals surface area contributed by atoms with Crippen molar-refractivity contribution in [2.45, 2.75) is 18.9 Å². The molecule has 7 heteroatoms. The predicted molar refractivity (Wildman–Crippen MR) is 71.7 cm³/mol. The van der Waals surface area contributed by atoms with E-state index in [-0.39, 0.29) is 18.2 Å². The predicted octanol–water partition coefficient (Wildman–Crippen LogP) is 0.840. The summed E-state index contributed by atoms with van der Waals surface area (Å²) in [6.07, 6.45) is 0.381. The van der Waals surface area contributed by atoms with E-state index in [2.05, 4.69) is 10.6 Å². The second kappa shape index (κ2) is 5.56. The van der Waals surface area contributed by atoms with Crippen molar-refractivity contribution in [3.63, 3.8) is 0 Å². The van der Waals surface area contributed by atoms with E-state index in [4.69, 9.17) is 10.5 Å². The molecule has 1 fully saturated rings. The summed E-state index contributed by atoms with van der Waals surface area (Å²) in [6, 6.07) is 3.91. The van der Waals surface area contributed by atoms with Crippen molar-refractivity contribution in [3.8, 4) is 0 Å². The SMILES string of the molecule is CC(=O)Nc1ccc(F)c(NC(=O)C2(N)CCOC2)c1. The Morgan fingerprint density at radius 2 is 2.15 bits per heavy atom. The van der Waals surface area contributed by atoms with Gasteiger partial charge in [0, 0.05) is 19.2 Å². The van der Waals surface area contributed by atoms with Gasteiger partial charge in [-0.3, -0.25) is 9.59 Å². The molecule has 0 saturated carbocycles. The Hall–Kier alpha value is -1.99. The molecule has 0 spiro atoms. The van der Waals surface area contributed by atoms with Gasteiger partial charge >= 0.3 is 0 Å². The number of carbonyl (C=O) groups is 2. The van der Waals surface area contributed by atoms with Crippen molar-refractivity contribution in [3.05, 3.63) is 24.0 Å². The normalized spacial score (nSPS) is 21.6. The zero-order chi connectivity index (χ0) is 14.8. The summed E-state index contributed by atoms with van der Waals surface area (Å²) >= 11 is 0. The molecule has 1 heterocycles. The minimum absolute atomic E-state index is 0.0297. The molecule has 1 aliphatic heterocycles. The molecule has 2 amide bonds. The van der Waals surface area contributed by atoms with Crippen LogP contribution in [-0.4, -0.2) is 30.6 Å². The molecule has 0 bridgehead atoms. The quantitative estimate of drug-likeness (QED) is 0.765. The highest BCUT2D eigenvalue weighted by Crippen LogP contribution is 2.23. The van der Waals surface area contributed by atoms with Crippen LogP contribution in [0.5, 0.6) is 0 Å². The van der Waals surface area contributed by atoms with E-state index in [0.717, 1.165) is 6.07 Å². The van der Waals surface area contributed by atoms with E-state index in [0.29, 0.717) is 18.7 Å². The highest BCUT2D eigenvalue weighted by Gasteiger charge is 2.38. The Morgan fingerprint density at radius 1 is 1.40 bits per heavy atom. The fourth-order valence-electron chi connectivity index (χ4n) is 1.91. The van der Waals surface area contributed by atoms with Gasteiger partial charge in [-0.1, -0.05) is 0 Å². The average Bonchev–Trinajstić information content (AvgIpc) is 2.81. The van der Waals surface area contributed by atoms with Crippen molar-refractivity contribution in [2.75, 3.05) is 23.8 Å². The largest absolute Gasteiger partial charge is 0.379 e. The van der Waals surface area contributed by atoms with E-state index in [1.165, 1.54) is 19.1 Å². The van der Waals surface area contributed by atoms with Gasteiger partial charge in [0.15, 0.2) is 0 Å². The van der Waals surface area contributed by atoms with Gasteiger partial charge in [0.2, 0.25) is 11.8 Å². The number of rotatable bonds is 3. The Bertz CT molecular complexity index is 542. The molecule has 1 aliphatic rings. The maximum atomic E-state index is 13.7. The maximum Gasteiger partial charge on any atom is 0.247 e. The zero-order valence-corrected chi connectivity index (χ0v) is 11.0.